The Morgan fingerprint density at radius 3 is 2.33 bits per heavy atom. The standard InChI is InChI=1S/C19H29F3O2/c20-19(21,22)15-7-9-16-13(10-14(16)11-15)6-8-17(18(23)24)12-4-2-1-3-5-12/h12-17H,1-11H2,(H,23,24). The minimum atomic E-state index is -4.04. The van der Waals surface area contributed by atoms with Gasteiger partial charge in [-0.25, -0.2) is 0 Å². The summed E-state index contributed by atoms with van der Waals surface area (Å²) < 4.78 is 38.5. The molecule has 1 N–H and O–H groups in total. The van der Waals surface area contributed by atoms with Crippen molar-refractivity contribution in [1.82, 2.24) is 0 Å². The first-order valence-corrected chi connectivity index (χ1v) is 9.65. The maximum Gasteiger partial charge on any atom is 0.391 e. The summed E-state index contributed by atoms with van der Waals surface area (Å²) in [6.45, 7) is 0. The molecule has 0 amide bonds. The fraction of sp³-hybridized carbons (Fsp3) is 0.947. The summed E-state index contributed by atoms with van der Waals surface area (Å²) in [5.41, 5.74) is 0. The van der Waals surface area contributed by atoms with Gasteiger partial charge < -0.3 is 5.11 Å². The summed E-state index contributed by atoms with van der Waals surface area (Å²) in [7, 11) is 0. The van der Waals surface area contributed by atoms with E-state index in [4.69, 9.17) is 0 Å². The van der Waals surface area contributed by atoms with Crippen LogP contribution in [0.15, 0.2) is 0 Å². The number of rotatable bonds is 5. The van der Waals surface area contributed by atoms with E-state index in [1.165, 1.54) is 6.42 Å². The fourth-order valence-electron chi connectivity index (χ4n) is 5.67. The van der Waals surface area contributed by atoms with Crippen molar-refractivity contribution in [3.8, 4) is 0 Å². The van der Waals surface area contributed by atoms with E-state index in [1.807, 2.05) is 0 Å². The van der Waals surface area contributed by atoms with Gasteiger partial charge in [0.15, 0.2) is 0 Å². The molecule has 24 heavy (non-hydrogen) atoms. The minimum absolute atomic E-state index is 0.230. The van der Waals surface area contributed by atoms with Crippen LogP contribution in [0.1, 0.15) is 70.6 Å². The van der Waals surface area contributed by atoms with Gasteiger partial charge in [0.05, 0.1) is 11.8 Å². The average Bonchev–Trinajstić information content (AvgIpc) is 2.51. The SMILES string of the molecule is O=C(O)C(CCC1CC2CC(C(F)(F)F)CCC12)C1CCCCC1. The highest BCUT2D eigenvalue weighted by Gasteiger charge is 2.50. The number of alkyl halides is 3. The molecule has 3 saturated carbocycles. The molecule has 5 unspecified atom stereocenters. The van der Waals surface area contributed by atoms with Crippen LogP contribution in [-0.4, -0.2) is 17.3 Å². The van der Waals surface area contributed by atoms with Gasteiger partial charge in [0.1, 0.15) is 0 Å². The summed E-state index contributed by atoms with van der Waals surface area (Å²) in [6, 6.07) is 0. The Hall–Kier alpha value is -0.740. The van der Waals surface area contributed by atoms with E-state index >= 15 is 0 Å². The zero-order valence-corrected chi connectivity index (χ0v) is 14.2. The van der Waals surface area contributed by atoms with Crippen LogP contribution in [0.4, 0.5) is 13.2 Å². The Kier molecular flexibility index (Phi) is 5.45. The third-order valence-corrected chi connectivity index (χ3v) is 7.10. The Labute approximate surface area is 142 Å². The largest absolute Gasteiger partial charge is 0.481 e. The van der Waals surface area contributed by atoms with Crippen LogP contribution >= 0.6 is 0 Å². The van der Waals surface area contributed by atoms with Crippen molar-refractivity contribution in [2.75, 3.05) is 0 Å². The van der Waals surface area contributed by atoms with Gasteiger partial charge in [-0.05, 0) is 75.0 Å². The molecule has 0 spiro atoms. The highest BCUT2D eigenvalue weighted by molar-refractivity contribution is 5.70. The second-order valence-electron chi connectivity index (χ2n) is 8.39. The number of hydrogen-bond donors (Lipinski definition) is 1. The van der Waals surface area contributed by atoms with E-state index in [0.717, 1.165) is 44.9 Å². The third-order valence-electron chi connectivity index (χ3n) is 7.10. The van der Waals surface area contributed by atoms with Gasteiger partial charge in [-0.2, -0.15) is 13.2 Å². The molecule has 2 nitrogen and oxygen atoms in total. The normalized spacial score (nSPS) is 35.8. The maximum absolute atomic E-state index is 12.8. The zero-order chi connectivity index (χ0) is 17.3. The maximum atomic E-state index is 12.8. The molecule has 0 radical (unpaired) electrons. The molecule has 5 atom stereocenters. The predicted octanol–water partition coefficient (Wildman–Crippen LogP) is 5.66. The van der Waals surface area contributed by atoms with Crippen molar-refractivity contribution in [2.24, 2.45) is 35.5 Å². The number of hydrogen-bond acceptors (Lipinski definition) is 1. The molecule has 0 bridgehead atoms. The quantitative estimate of drug-likeness (QED) is 0.697. The molecule has 3 aliphatic carbocycles. The van der Waals surface area contributed by atoms with Crippen molar-refractivity contribution in [1.29, 1.82) is 0 Å². The van der Waals surface area contributed by atoms with Gasteiger partial charge in [-0.15, -0.1) is 0 Å². The summed E-state index contributed by atoms with van der Waals surface area (Å²) in [5.74, 6) is -0.580. The van der Waals surface area contributed by atoms with Gasteiger partial charge >= 0.3 is 12.1 Å². The van der Waals surface area contributed by atoms with Gasteiger partial charge in [-0.1, -0.05) is 19.3 Å². The zero-order valence-electron chi connectivity index (χ0n) is 14.2. The van der Waals surface area contributed by atoms with E-state index < -0.39 is 18.1 Å². The molecule has 0 aliphatic heterocycles. The molecule has 138 valence electrons. The summed E-state index contributed by atoms with van der Waals surface area (Å²) >= 11 is 0. The summed E-state index contributed by atoms with van der Waals surface area (Å²) in [6.07, 6.45) is 5.27. The molecule has 0 saturated heterocycles. The molecule has 5 heteroatoms. The second kappa shape index (κ2) is 7.25. The van der Waals surface area contributed by atoms with Crippen molar-refractivity contribution in [2.45, 2.75) is 76.8 Å². The first-order valence-electron chi connectivity index (χ1n) is 9.65. The molecular weight excluding hydrogens is 317 g/mol. The lowest BCUT2D eigenvalue weighted by molar-refractivity contribution is -0.198. The van der Waals surface area contributed by atoms with Gasteiger partial charge in [0, 0.05) is 0 Å². The molecular formula is C19H29F3O2. The van der Waals surface area contributed by atoms with Gasteiger partial charge in [0.2, 0.25) is 0 Å². The number of halogens is 3. The van der Waals surface area contributed by atoms with Crippen LogP contribution in [0.2, 0.25) is 0 Å². The van der Waals surface area contributed by atoms with Crippen LogP contribution in [0.5, 0.6) is 0 Å². The third kappa shape index (κ3) is 3.91. The Morgan fingerprint density at radius 2 is 1.75 bits per heavy atom. The van der Waals surface area contributed by atoms with E-state index in [1.54, 1.807) is 0 Å². The van der Waals surface area contributed by atoms with Crippen LogP contribution in [0, 0.1) is 35.5 Å². The summed E-state index contributed by atoms with van der Waals surface area (Å²) in [5, 5.41) is 9.56. The van der Waals surface area contributed by atoms with Crippen molar-refractivity contribution in [3.63, 3.8) is 0 Å². The molecule has 0 aromatic heterocycles. The van der Waals surface area contributed by atoms with Gasteiger partial charge in [-0.3, -0.25) is 4.79 Å². The highest BCUT2D eigenvalue weighted by Crippen LogP contribution is 2.55. The van der Waals surface area contributed by atoms with Crippen molar-refractivity contribution >= 4 is 5.97 Å². The molecule has 3 aliphatic rings. The predicted molar refractivity (Wildman–Crippen MR) is 85.4 cm³/mol. The number of carboxylic acid groups (broad SMARTS) is 1. The first kappa shape index (κ1) is 18.1. The Balaban J connectivity index is 1.47. The second-order valence-corrected chi connectivity index (χ2v) is 8.39. The fourth-order valence-corrected chi connectivity index (χ4v) is 5.67. The van der Waals surface area contributed by atoms with E-state index in [0.29, 0.717) is 30.6 Å². The number of fused-ring (bicyclic) bond motifs is 1. The Bertz CT molecular complexity index is 442. The van der Waals surface area contributed by atoms with Crippen molar-refractivity contribution in [3.05, 3.63) is 0 Å². The molecule has 0 aromatic carbocycles. The lowest BCUT2D eigenvalue weighted by Gasteiger charge is -2.51. The molecule has 0 aromatic rings. The smallest absolute Gasteiger partial charge is 0.391 e. The Morgan fingerprint density at radius 1 is 1.04 bits per heavy atom. The molecule has 0 heterocycles. The first-order chi connectivity index (χ1) is 11.4. The van der Waals surface area contributed by atoms with Crippen LogP contribution in [-0.2, 0) is 4.79 Å². The minimum Gasteiger partial charge on any atom is -0.481 e. The lowest BCUT2D eigenvalue weighted by atomic mass is 9.55. The van der Waals surface area contributed by atoms with E-state index in [2.05, 4.69) is 0 Å². The van der Waals surface area contributed by atoms with Crippen LogP contribution in [0.25, 0.3) is 0 Å². The monoisotopic (exact) mass is 346 g/mol. The molecule has 3 fully saturated rings. The number of aliphatic carboxylic acids is 1. The highest BCUT2D eigenvalue weighted by atomic mass is 19.4. The molecule has 3 rings (SSSR count). The summed E-state index contributed by atoms with van der Waals surface area (Å²) in [4.78, 5) is 11.6. The van der Waals surface area contributed by atoms with Crippen LogP contribution < -0.4 is 0 Å². The van der Waals surface area contributed by atoms with E-state index in [-0.39, 0.29) is 18.3 Å². The number of carboxylic acids is 1. The topological polar surface area (TPSA) is 37.3 Å². The van der Waals surface area contributed by atoms with Gasteiger partial charge in [0.25, 0.3) is 0 Å². The average molecular weight is 346 g/mol. The van der Waals surface area contributed by atoms with Crippen LogP contribution in [0.3, 0.4) is 0 Å². The number of carbonyl (C=O) groups is 1. The van der Waals surface area contributed by atoms with E-state index in [9.17, 15) is 23.1 Å². The lowest BCUT2D eigenvalue weighted by Crippen LogP contribution is -2.44. The van der Waals surface area contributed by atoms with Crippen molar-refractivity contribution < 1.29 is 23.1 Å².